The third-order valence-electron chi connectivity index (χ3n) is 4.39. The van der Waals surface area contributed by atoms with Crippen LogP contribution in [0.25, 0.3) is 0 Å². The fourth-order valence-electron chi connectivity index (χ4n) is 2.95. The van der Waals surface area contributed by atoms with Crippen molar-refractivity contribution in [1.29, 1.82) is 0 Å². The third kappa shape index (κ3) is 5.98. The molecule has 0 amide bonds. The Morgan fingerprint density at radius 1 is 1.43 bits per heavy atom. The number of nitrogens with two attached hydrogens (primary N) is 1. The lowest BCUT2D eigenvalue weighted by molar-refractivity contribution is -0.138. The summed E-state index contributed by atoms with van der Waals surface area (Å²) in [6, 6.07) is -0.692. The molecule has 1 rings (SSSR count). The second-order valence-electron chi connectivity index (χ2n) is 6.70. The molecule has 0 bridgehead atoms. The van der Waals surface area contributed by atoms with Crippen molar-refractivity contribution in [1.82, 2.24) is 5.32 Å². The van der Waals surface area contributed by atoms with Crippen LogP contribution in [0.4, 0.5) is 0 Å². The van der Waals surface area contributed by atoms with Gasteiger partial charge < -0.3 is 21.0 Å². The molecule has 5 nitrogen and oxygen atoms in total. The summed E-state index contributed by atoms with van der Waals surface area (Å²) in [4.78, 5) is 21.4. The molecule has 5 heteroatoms. The number of rotatable bonds is 8. The fraction of sp³-hybridized carbons (Fsp3) is 0.750. The number of aldehydes is 1. The van der Waals surface area contributed by atoms with Crippen molar-refractivity contribution in [3.63, 3.8) is 0 Å². The van der Waals surface area contributed by atoms with Gasteiger partial charge in [0.1, 0.15) is 6.29 Å². The molecule has 1 saturated carbocycles. The smallest absolute Gasteiger partial charge is 0.305 e. The minimum absolute atomic E-state index is 0.222. The molecular formula is C16H28N2O3. The number of aliphatic carboxylic acids is 1. The lowest BCUT2D eigenvalue weighted by Gasteiger charge is -2.24. The van der Waals surface area contributed by atoms with E-state index in [-0.39, 0.29) is 6.42 Å². The summed E-state index contributed by atoms with van der Waals surface area (Å²) < 4.78 is 0. The molecule has 120 valence electrons. The van der Waals surface area contributed by atoms with Gasteiger partial charge in [-0.2, -0.15) is 0 Å². The maximum atomic E-state index is 10.8. The van der Waals surface area contributed by atoms with E-state index in [0.29, 0.717) is 30.6 Å². The zero-order valence-electron chi connectivity index (χ0n) is 13.2. The van der Waals surface area contributed by atoms with Crippen LogP contribution in [0, 0.1) is 17.8 Å². The van der Waals surface area contributed by atoms with Gasteiger partial charge in [-0.15, -0.1) is 0 Å². The van der Waals surface area contributed by atoms with E-state index in [9.17, 15) is 9.59 Å². The first-order chi connectivity index (χ1) is 9.75. The molecule has 1 fully saturated rings. The average molecular weight is 296 g/mol. The highest BCUT2D eigenvalue weighted by atomic mass is 16.4. The molecule has 0 aromatic rings. The van der Waals surface area contributed by atoms with E-state index >= 15 is 0 Å². The number of hydrogen-bond acceptors (Lipinski definition) is 4. The van der Waals surface area contributed by atoms with E-state index < -0.39 is 17.6 Å². The van der Waals surface area contributed by atoms with Crippen LogP contribution in [0.2, 0.25) is 0 Å². The maximum absolute atomic E-state index is 10.8. The SMILES string of the molecule is CC1CCC(C)C1C=CC(C)(N)CN[C@H](C=O)CC(=O)O. The van der Waals surface area contributed by atoms with E-state index in [2.05, 4.69) is 25.2 Å². The van der Waals surface area contributed by atoms with Crippen molar-refractivity contribution in [2.45, 2.75) is 51.6 Å². The topological polar surface area (TPSA) is 92.4 Å². The molecular weight excluding hydrogens is 268 g/mol. The van der Waals surface area contributed by atoms with Gasteiger partial charge >= 0.3 is 5.97 Å². The van der Waals surface area contributed by atoms with Gasteiger partial charge in [-0.1, -0.05) is 26.0 Å². The van der Waals surface area contributed by atoms with Crippen molar-refractivity contribution in [2.75, 3.05) is 6.54 Å². The normalized spacial score (nSPS) is 30.2. The Labute approximate surface area is 127 Å². The van der Waals surface area contributed by atoms with E-state index in [1.165, 1.54) is 12.8 Å². The molecule has 4 N–H and O–H groups in total. The van der Waals surface area contributed by atoms with E-state index in [1.54, 1.807) is 0 Å². The summed E-state index contributed by atoms with van der Waals surface area (Å²) in [5.74, 6) is 0.903. The molecule has 4 atom stereocenters. The number of carboxylic acid groups (broad SMARTS) is 1. The molecule has 0 aliphatic heterocycles. The Bertz CT molecular complexity index is 383. The van der Waals surface area contributed by atoms with Crippen molar-refractivity contribution >= 4 is 12.3 Å². The first kappa shape index (κ1) is 17.9. The average Bonchev–Trinajstić information content (AvgIpc) is 2.71. The standard InChI is InChI=1S/C16H28N2O3/c1-11-4-5-12(2)14(11)6-7-16(3,17)10-18-13(9-19)8-15(20)21/h6-7,9,11-14,18H,4-5,8,10,17H2,1-3H3,(H,20,21)/t11?,12?,13-,14?,16?/m0/s1. The van der Waals surface area contributed by atoms with Gasteiger partial charge in [0.25, 0.3) is 0 Å². The van der Waals surface area contributed by atoms with Gasteiger partial charge in [-0.05, 0) is 37.5 Å². The second kappa shape index (κ2) is 7.71. The zero-order valence-corrected chi connectivity index (χ0v) is 13.2. The number of nitrogens with one attached hydrogen (secondary N) is 1. The van der Waals surface area contributed by atoms with Gasteiger partial charge in [-0.25, -0.2) is 0 Å². The Balaban J connectivity index is 2.52. The van der Waals surface area contributed by atoms with Gasteiger partial charge in [0, 0.05) is 12.1 Å². The molecule has 0 saturated heterocycles. The third-order valence-corrected chi connectivity index (χ3v) is 4.39. The summed E-state index contributed by atoms with van der Waals surface area (Å²) >= 11 is 0. The van der Waals surface area contributed by atoms with Crippen LogP contribution in [-0.4, -0.2) is 35.5 Å². The first-order valence-corrected chi connectivity index (χ1v) is 7.64. The monoisotopic (exact) mass is 296 g/mol. The zero-order chi connectivity index (χ0) is 16.0. The predicted molar refractivity (Wildman–Crippen MR) is 82.9 cm³/mol. The van der Waals surface area contributed by atoms with Crippen molar-refractivity contribution in [3.05, 3.63) is 12.2 Å². The van der Waals surface area contributed by atoms with Gasteiger partial charge in [-0.3, -0.25) is 4.79 Å². The highest BCUT2D eigenvalue weighted by Crippen LogP contribution is 2.37. The Morgan fingerprint density at radius 2 is 2.00 bits per heavy atom. The fourth-order valence-corrected chi connectivity index (χ4v) is 2.95. The molecule has 3 unspecified atom stereocenters. The number of allylic oxidation sites excluding steroid dienone is 1. The molecule has 21 heavy (non-hydrogen) atoms. The highest BCUT2D eigenvalue weighted by Gasteiger charge is 2.28. The minimum atomic E-state index is -0.998. The Hall–Kier alpha value is -1.20. The van der Waals surface area contributed by atoms with E-state index in [1.807, 2.05) is 13.0 Å². The van der Waals surface area contributed by atoms with Crippen LogP contribution >= 0.6 is 0 Å². The van der Waals surface area contributed by atoms with E-state index in [0.717, 1.165) is 0 Å². The first-order valence-electron chi connectivity index (χ1n) is 7.64. The summed E-state index contributed by atoms with van der Waals surface area (Å²) in [6.07, 6.45) is 7.08. The van der Waals surface area contributed by atoms with Crippen molar-refractivity contribution < 1.29 is 14.7 Å². The highest BCUT2D eigenvalue weighted by molar-refractivity contribution is 5.73. The van der Waals surface area contributed by atoms with Crippen LogP contribution < -0.4 is 11.1 Å². The summed E-state index contributed by atoms with van der Waals surface area (Å²) in [7, 11) is 0. The molecule has 0 aromatic heterocycles. The largest absolute Gasteiger partial charge is 0.481 e. The van der Waals surface area contributed by atoms with Gasteiger partial charge in [0.2, 0.25) is 0 Å². The molecule has 0 radical (unpaired) electrons. The minimum Gasteiger partial charge on any atom is -0.481 e. The summed E-state index contributed by atoms with van der Waals surface area (Å²) in [6.45, 7) is 6.78. The van der Waals surface area contributed by atoms with Crippen LogP contribution in [0.1, 0.15) is 40.0 Å². The lowest BCUT2D eigenvalue weighted by Crippen LogP contribution is -2.48. The van der Waals surface area contributed by atoms with Crippen molar-refractivity contribution in [2.24, 2.45) is 23.5 Å². The quantitative estimate of drug-likeness (QED) is 0.467. The van der Waals surface area contributed by atoms with Crippen LogP contribution in [0.3, 0.4) is 0 Å². The van der Waals surface area contributed by atoms with Gasteiger partial charge in [0.15, 0.2) is 0 Å². The maximum Gasteiger partial charge on any atom is 0.305 e. The Morgan fingerprint density at radius 3 is 2.48 bits per heavy atom. The van der Waals surface area contributed by atoms with Crippen LogP contribution in [0.15, 0.2) is 12.2 Å². The van der Waals surface area contributed by atoms with Crippen molar-refractivity contribution in [3.8, 4) is 0 Å². The molecule has 0 spiro atoms. The van der Waals surface area contributed by atoms with Crippen LogP contribution in [0.5, 0.6) is 0 Å². The second-order valence-corrected chi connectivity index (χ2v) is 6.70. The molecule has 1 aliphatic rings. The predicted octanol–water partition coefficient (Wildman–Crippen LogP) is 1.57. The molecule has 1 aliphatic carbocycles. The van der Waals surface area contributed by atoms with E-state index in [4.69, 9.17) is 10.8 Å². The number of carbonyl (C=O) groups is 2. The number of carboxylic acids is 1. The number of carbonyl (C=O) groups excluding carboxylic acids is 1. The van der Waals surface area contributed by atoms with Gasteiger partial charge in [0.05, 0.1) is 12.5 Å². The number of hydrogen-bond donors (Lipinski definition) is 3. The molecule has 0 aromatic carbocycles. The lowest BCUT2D eigenvalue weighted by atomic mass is 9.89. The molecule has 0 heterocycles. The van der Waals surface area contributed by atoms with Crippen LogP contribution in [-0.2, 0) is 9.59 Å². The summed E-state index contributed by atoms with van der Waals surface area (Å²) in [5, 5.41) is 11.6. The Kier molecular flexibility index (Phi) is 6.55. The summed E-state index contributed by atoms with van der Waals surface area (Å²) in [5.41, 5.74) is 5.61.